The van der Waals surface area contributed by atoms with E-state index in [0.717, 1.165) is 4.47 Å². The van der Waals surface area contributed by atoms with Gasteiger partial charge in [0.25, 0.3) is 0 Å². The Kier molecular flexibility index (Phi) is 3.97. The first-order valence-electron chi connectivity index (χ1n) is 3.23. The first-order valence-corrected chi connectivity index (χ1v) is 5.17. The van der Waals surface area contributed by atoms with Gasteiger partial charge in [0.2, 0.25) is 0 Å². The van der Waals surface area contributed by atoms with Gasteiger partial charge in [0, 0.05) is 10.7 Å². The van der Waals surface area contributed by atoms with Crippen LogP contribution in [0.3, 0.4) is 0 Å². The Balaban J connectivity index is 2.52. The normalized spacial score (nSPS) is 10.0. The van der Waals surface area contributed by atoms with Crippen molar-refractivity contribution in [3.8, 4) is 0 Å². The third kappa shape index (κ3) is 3.27. The summed E-state index contributed by atoms with van der Waals surface area (Å²) in [5, 5.41) is 0. The molecule has 0 aliphatic rings. The maximum absolute atomic E-state index is 5.16. The van der Waals surface area contributed by atoms with Crippen LogP contribution >= 0.6 is 28.0 Å². The molecule has 0 fully saturated rings. The minimum atomic E-state index is 0.675. The number of hydrogen-bond acceptors (Lipinski definition) is 2. The number of halogens is 1. The fourth-order valence-electron chi connectivity index (χ4n) is 0.708. The minimum absolute atomic E-state index is 0.675. The molecule has 0 bridgehead atoms. The highest BCUT2D eigenvalue weighted by Gasteiger charge is 1.91. The van der Waals surface area contributed by atoms with E-state index in [1.165, 1.54) is 17.6 Å². The maximum Gasteiger partial charge on any atom is 0.0864 e. The van der Waals surface area contributed by atoms with Crippen LogP contribution in [0.25, 0.3) is 0 Å². The zero-order chi connectivity index (χ0) is 8.10. The van der Waals surface area contributed by atoms with Crippen LogP contribution in [0.2, 0.25) is 0 Å². The van der Waals surface area contributed by atoms with Gasteiger partial charge in [0.15, 0.2) is 0 Å². The lowest BCUT2D eigenvalue weighted by atomic mass is 10.2. The van der Waals surface area contributed by atoms with Crippen molar-refractivity contribution in [3.63, 3.8) is 0 Å². The van der Waals surface area contributed by atoms with Crippen molar-refractivity contribution in [1.29, 1.82) is 0 Å². The van der Waals surface area contributed by atoms with Gasteiger partial charge in [-0.05, 0) is 29.7 Å². The lowest BCUT2D eigenvalue weighted by molar-refractivity contribution is 0.366. The molecule has 0 aliphatic carbocycles. The highest BCUT2D eigenvalue weighted by molar-refractivity contribution is 9.10. The lowest BCUT2D eigenvalue weighted by Crippen LogP contribution is -1.83. The van der Waals surface area contributed by atoms with Gasteiger partial charge in [-0.1, -0.05) is 28.1 Å². The van der Waals surface area contributed by atoms with Crippen LogP contribution in [-0.4, -0.2) is 6.26 Å². The molecule has 0 unspecified atom stereocenters. The van der Waals surface area contributed by atoms with Crippen LogP contribution in [0.5, 0.6) is 0 Å². The van der Waals surface area contributed by atoms with Gasteiger partial charge in [-0.15, -0.1) is 0 Å². The van der Waals surface area contributed by atoms with Crippen molar-refractivity contribution in [3.05, 3.63) is 34.3 Å². The quantitative estimate of drug-likeness (QED) is 0.741. The van der Waals surface area contributed by atoms with E-state index in [-0.39, 0.29) is 0 Å². The highest BCUT2D eigenvalue weighted by atomic mass is 79.9. The SMILES string of the molecule is CSOCc1ccc(Br)cc1. The zero-order valence-electron chi connectivity index (χ0n) is 6.21. The Morgan fingerprint density at radius 1 is 1.36 bits per heavy atom. The second kappa shape index (κ2) is 4.80. The monoisotopic (exact) mass is 232 g/mol. The molecule has 60 valence electrons. The Morgan fingerprint density at radius 3 is 2.55 bits per heavy atom. The maximum atomic E-state index is 5.16. The summed E-state index contributed by atoms with van der Waals surface area (Å²) >= 11 is 4.76. The summed E-state index contributed by atoms with van der Waals surface area (Å²) in [6.07, 6.45) is 1.92. The Hall–Kier alpha value is 0.01000. The molecule has 1 aromatic carbocycles. The van der Waals surface area contributed by atoms with Gasteiger partial charge in [0.1, 0.15) is 0 Å². The molecule has 0 atom stereocenters. The molecular formula is C8H9BrOS. The molecule has 0 aliphatic heterocycles. The van der Waals surface area contributed by atoms with Gasteiger partial charge < -0.3 is 4.18 Å². The van der Waals surface area contributed by atoms with E-state index in [1.807, 2.05) is 30.5 Å². The first-order chi connectivity index (χ1) is 5.33. The summed E-state index contributed by atoms with van der Waals surface area (Å²) in [5.41, 5.74) is 1.20. The van der Waals surface area contributed by atoms with Gasteiger partial charge in [-0.25, -0.2) is 0 Å². The third-order valence-electron chi connectivity index (χ3n) is 1.26. The predicted octanol–water partition coefficient (Wildman–Crippen LogP) is 3.24. The van der Waals surface area contributed by atoms with E-state index in [9.17, 15) is 0 Å². The molecule has 0 radical (unpaired) electrons. The van der Waals surface area contributed by atoms with Crippen molar-refractivity contribution in [2.24, 2.45) is 0 Å². The molecule has 0 N–H and O–H groups in total. The molecule has 0 spiro atoms. The average Bonchev–Trinajstić information content (AvgIpc) is 2.04. The van der Waals surface area contributed by atoms with Gasteiger partial charge in [-0.2, -0.15) is 0 Å². The molecule has 1 rings (SSSR count). The van der Waals surface area contributed by atoms with Gasteiger partial charge in [0.05, 0.1) is 6.61 Å². The van der Waals surface area contributed by atoms with Crippen LogP contribution in [-0.2, 0) is 10.8 Å². The molecule has 0 heterocycles. The van der Waals surface area contributed by atoms with E-state index in [0.29, 0.717) is 6.61 Å². The summed E-state index contributed by atoms with van der Waals surface area (Å²) in [6.45, 7) is 0.675. The van der Waals surface area contributed by atoms with E-state index in [4.69, 9.17) is 4.18 Å². The molecule has 0 saturated carbocycles. The topological polar surface area (TPSA) is 9.23 Å². The fourth-order valence-corrected chi connectivity index (χ4v) is 1.23. The highest BCUT2D eigenvalue weighted by Crippen LogP contribution is 2.12. The number of hydrogen-bond donors (Lipinski definition) is 0. The van der Waals surface area contributed by atoms with Crippen molar-refractivity contribution in [2.45, 2.75) is 6.61 Å². The van der Waals surface area contributed by atoms with Crippen molar-refractivity contribution >= 4 is 28.0 Å². The van der Waals surface area contributed by atoms with Crippen LogP contribution in [0.1, 0.15) is 5.56 Å². The zero-order valence-corrected chi connectivity index (χ0v) is 8.61. The minimum Gasteiger partial charge on any atom is -0.311 e. The van der Waals surface area contributed by atoms with E-state index >= 15 is 0 Å². The van der Waals surface area contributed by atoms with Crippen LogP contribution in [0.15, 0.2) is 28.7 Å². The number of benzene rings is 1. The summed E-state index contributed by atoms with van der Waals surface area (Å²) in [4.78, 5) is 0. The van der Waals surface area contributed by atoms with Crippen LogP contribution in [0.4, 0.5) is 0 Å². The Labute approximate surface area is 79.5 Å². The molecule has 3 heteroatoms. The predicted molar refractivity (Wildman–Crippen MR) is 52.4 cm³/mol. The summed E-state index contributed by atoms with van der Waals surface area (Å²) in [6, 6.07) is 8.11. The summed E-state index contributed by atoms with van der Waals surface area (Å²) in [5.74, 6) is 0. The third-order valence-corrected chi connectivity index (χ3v) is 2.14. The summed E-state index contributed by atoms with van der Waals surface area (Å²) < 4.78 is 6.26. The summed E-state index contributed by atoms with van der Waals surface area (Å²) in [7, 11) is 0. The molecule has 1 aromatic rings. The lowest BCUT2D eigenvalue weighted by Gasteiger charge is -1.99. The van der Waals surface area contributed by atoms with Crippen LogP contribution in [0, 0.1) is 0 Å². The standard InChI is InChI=1S/C8H9BrOS/c1-11-10-6-7-2-4-8(9)5-3-7/h2-5H,6H2,1H3. The van der Waals surface area contributed by atoms with Gasteiger partial charge >= 0.3 is 0 Å². The van der Waals surface area contributed by atoms with E-state index in [1.54, 1.807) is 0 Å². The Morgan fingerprint density at radius 2 is 2.00 bits per heavy atom. The van der Waals surface area contributed by atoms with Gasteiger partial charge in [-0.3, -0.25) is 0 Å². The van der Waals surface area contributed by atoms with Crippen LogP contribution < -0.4 is 0 Å². The van der Waals surface area contributed by atoms with E-state index in [2.05, 4.69) is 15.9 Å². The molecule has 1 nitrogen and oxygen atoms in total. The molecule has 0 amide bonds. The van der Waals surface area contributed by atoms with Crippen molar-refractivity contribution < 1.29 is 4.18 Å². The Bertz CT molecular complexity index is 210. The fraction of sp³-hybridized carbons (Fsp3) is 0.250. The molecule has 0 aromatic heterocycles. The van der Waals surface area contributed by atoms with Crippen molar-refractivity contribution in [1.82, 2.24) is 0 Å². The molecular weight excluding hydrogens is 224 g/mol. The number of rotatable bonds is 3. The first kappa shape index (κ1) is 9.10. The largest absolute Gasteiger partial charge is 0.311 e. The molecule has 11 heavy (non-hydrogen) atoms. The second-order valence-corrected chi connectivity index (χ2v) is 3.54. The second-order valence-electron chi connectivity index (χ2n) is 2.06. The van der Waals surface area contributed by atoms with Crippen molar-refractivity contribution in [2.75, 3.05) is 6.26 Å². The van der Waals surface area contributed by atoms with E-state index < -0.39 is 0 Å². The smallest absolute Gasteiger partial charge is 0.0864 e. The molecule has 0 saturated heterocycles. The average molecular weight is 233 g/mol.